The van der Waals surface area contributed by atoms with Crippen LogP contribution in [0.25, 0.3) is 0 Å². The second-order valence-corrected chi connectivity index (χ2v) is 19.9. The number of hydrogen-bond acceptors (Lipinski definition) is 9. The molecule has 2 aromatic rings. The Kier molecular flexibility index (Phi) is 11.4. The summed E-state index contributed by atoms with van der Waals surface area (Å²) in [6, 6.07) is 11.2. The first-order chi connectivity index (χ1) is 27.1. The van der Waals surface area contributed by atoms with Crippen molar-refractivity contribution in [3.8, 4) is 5.75 Å². The number of ether oxygens (including phenoxy) is 3. The first-order valence-corrected chi connectivity index (χ1v) is 22.4. The highest BCUT2D eigenvalue weighted by molar-refractivity contribution is 7.90. The average molecular weight is 835 g/mol. The molecule has 2 saturated heterocycles. The van der Waals surface area contributed by atoms with E-state index in [9.17, 15) is 26.4 Å². The van der Waals surface area contributed by atoms with E-state index in [1.807, 2.05) is 24.3 Å². The largest absolute Gasteiger partial charge is 0.490 e. The smallest absolute Gasteiger partial charge is 0.411 e. The van der Waals surface area contributed by atoms with Crippen LogP contribution in [0.3, 0.4) is 0 Å². The van der Waals surface area contributed by atoms with E-state index in [4.69, 9.17) is 25.8 Å². The number of fused-ring (bicyclic) bond motifs is 5. The first kappa shape index (κ1) is 40.9. The number of piperazine rings is 1. The fourth-order valence-electron chi connectivity index (χ4n) is 10.2. The van der Waals surface area contributed by atoms with Crippen molar-refractivity contribution < 1.29 is 40.6 Å². The molecule has 1 saturated carbocycles. The van der Waals surface area contributed by atoms with Gasteiger partial charge in [-0.15, -0.1) is 0 Å². The normalized spacial score (nSPS) is 34.1. The molecule has 2 aromatic carbocycles. The van der Waals surface area contributed by atoms with Gasteiger partial charge in [0, 0.05) is 67.9 Å². The number of alkyl halides is 3. The van der Waals surface area contributed by atoms with Crippen LogP contribution in [-0.2, 0) is 31.3 Å². The zero-order valence-corrected chi connectivity index (χ0v) is 34.3. The summed E-state index contributed by atoms with van der Waals surface area (Å²) in [6.07, 6.45) is 3.47. The number of allylic oxidation sites excluding steroid dienone is 1. The number of amides is 1. The number of benzene rings is 2. The van der Waals surface area contributed by atoms with Gasteiger partial charge in [0.05, 0.1) is 30.8 Å². The highest BCUT2D eigenvalue weighted by atomic mass is 35.5. The van der Waals surface area contributed by atoms with Crippen molar-refractivity contribution in [3.63, 3.8) is 0 Å². The molecule has 1 amide bonds. The molecule has 57 heavy (non-hydrogen) atoms. The molecule has 1 N–H and O–H groups in total. The Bertz CT molecular complexity index is 1970. The molecule has 7 atom stereocenters. The molecule has 10 nitrogen and oxygen atoms in total. The number of rotatable bonds is 4. The van der Waals surface area contributed by atoms with E-state index >= 15 is 0 Å². The Morgan fingerprint density at radius 3 is 2.70 bits per heavy atom. The lowest BCUT2D eigenvalue weighted by Crippen LogP contribution is -2.63. The van der Waals surface area contributed by atoms with E-state index in [0.29, 0.717) is 68.9 Å². The van der Waals surface area contributed by atoms with Crippen LogP contribution in [0.2, 0.25) is 5.02 Å². The van der Waals surface area contributed by atoms with Gasteiger partial charge in [0.15, 0.2) is 0 Å². The molecule has 2 bridgehead atoms. The van der Waals surface area contributed by atoms with Crippen LogP contribution in [0.5, 0.6) is 5.75 Å². The molecule has 1 spiro atoms. The van der Waals surface area contributed by atoms with E-state index in [1.165, 1.54) is 5.56 Å². The zero-order valence-electron chi connectivity index (χ0n) is 32.7. The number of sulfonamides is 1. The fourth-order valence-corrected chi connectivity index (χ4v) is 11.7. The lowest BCUT2D eigenvalue weighted by molar-refractivity contribution is -0.219. The van der Waals surface area contributed by atoms with Crippen molar-refractivity contribution in [1.29, 1.82) is 0 Å². The standard InChI is InChI=1S/C42H54ClF3N4O6S/c1-28-5-3-14-41(56-27-42(44,45)46,25-48-15-16-49-17-18-54-23-34(49)22-48)36-10-7-32(36)21-50-24-40(13-4-6-30-19-33(43)9-11-35(30)40)26-55-38-12-8-31(20-37(38)50)39(51)47-57(52,53)29(28)2/h3,8-9,11-12,14,19-20,28-29,32,34,36H,4-7,10,13,15-18,21-27H2,1-2H3,(H,47,51)/b14-3-/t28-,29+,32-,34-,36+,40-,41+/m0/s1. The Hall–Kier alpha value is -2.88. The van der Waals surface area contributed by atoms with Crippen LogP contribution >= 0.6 is 11.6 Å². The van der Waals surface area contributed by atoms with Crippen molar-refractivity contribution in [3.05, 3.63) is 70.3 Å². The van der Waals surface area contributed by atoms with Crippen LogP contribution in [0, 0.1) is 17.8 Å². The predicted octanol–water partition coefficient (Wildman–Crippen LogP) is 6.22. The second kappa shape index (κ2) is 15.9. The summed E-state index contributed by atoms with van der Waals surface area (Å²) >= 11 is 6.48. The van der Waals surface area contributed by atoms with Crippen LogP contribution in [0.4, 0.5) is 18.9 Å². The number of hydrogen-bond donors (Lipinski definition) is 1. The van der Waals surface area contributed by atoms with E-state index < -0.39 is 50.9 Å². The minimum absolute atomic E-state index is 0.0550. The van der Waals surface area contributed by atoms with Crippen molar-refractivity contribution >= 4 is 33.2 Å². The summed E-state index contributed by atoms with van der Waals surface area (Å²) in [5.41, 5.74) is 1.43. The highest BCUT2D eigenvalue weighted by Gasteiger charge is 2.52. The predicted molar refractivity (Wildman–Crippen MR) is 213 cm³/mol. The third kappa shape index (κ3) is 8.46. The van der Waals surface area contributed by atoms with Crippen molar-refractivity contribution in [2.24, 2.45) is 17.8 Å². The van der Waals surface area contributed by atoms with Crippen LogP contribution < -0.4 is 14.4 Å². The highest BCUT2D eigenvalue weighted by Crippen LogP contribution is 2.50. The van der Waals surface area contributed by atoms with Crippen molar-refractivity contribution in [1.82, 2.24) is 14.5 Å². The lowest BCUT2D eigenvalue weighted by Gasteiger charge is -2.53. The lowest BCUT2D eigenvalue weighted by atomic mass is 9.63. The topological polar surface area (TPSA) is 101 Å². The van der Waals surface area contributed by atoms with Crippen LogP contribution in [-0.4, -0.2) is 119 Å². The molecule has 6 aliphatic rings. The van der Waals surface area contributed by atoms with Gasteiger partial charge < -0.3 is 19.1 Å². The molecule has 0 aromatic heterocycles. The van der Waals surface area contributed by atoms with E-state index in [1.54, 1.807) is 32.0 Å². The quantitative estimate of drug-likeness (QED) is 0.361. The molecule has 4 aliphatic heterocycles. The molecule has 3 fully saturated rings. The molecule has 0 unspecified atom stereocenters. The molecule has 15 heteroatoms. The fraction of sp³-hybridized carbons (Fsp3) is 0.643. The number of carbonyl (C=O) groups excluding carboxylic acids is 1. The maximum Gasteiger partial charge on any atom is 0.411 e. The Balaban J connectivity index is 1.22. The minimum atomic E-state index is -4.56. The van der Waals surface area contributed by atoms with Gasteiger partial charge in [0.25, 0.3) is 5.91 Å². The molecule has 312 valence electrons. The summed E-state index contributed by atoms with van der Waals surface area (Å²) in [5, 5.41) is -0.304. The van der Waals surface area contributed by atoms with Gasteiger partial charge in [0.2, 0.25) is 10.0 Å². The maximum atomic E-state index is 14.2. The van der Waals surface area contributed by atoms with Crippen LogP contribution in [0.1, 0.15) is 67.4 Å². The number of anilines is 1. The van der Waals surface area contributed by atoms with Crippen molar-refractivity contribution in [2.45, 2.75) is 80.9 Å². The SMILES string of the molecule is C[C@@H]1[C@@H](C)C/C=C\[C@](CN2CCN3CCOC[C@@H]3C2)(OCC(F)(F)F)[C@@H]2CC[C@H]2CN2C[C@@]3(CCCc4cc(Cl)ccc43)COc3ccc(cc32)C(=O)NS1(=O)=O. The zero-order chi connectivity index (χ0) is 40.2. The van der Waals surface area contributed by atoms with Gasteiger partial charge in [-0.1, -0.05) is 36.7 Å². The molecule has 2 aliphatic carbocycles. The summed E-state index contributed by atoms with van der Waals surface area (Å²) < 4.78 is 91.1. The molecule has 8 rings (SSSR count). The second-order valence-electron chi connectivity index (χ2n) is 17.4. The Labute approximate surface area is 339 Å². The molecule has 4 heterocycles. The molecular weight excluding hydrogens is 781 g/mol. The van der Waals surface area contributed by atoms with Crippen molar-refractivity contribution in [2.75, 3.05) is 77.1 Å². The average Bonchev–Trinajstić information content (AvgIpc) is 3.31. The third-order valence-electron chi connectivity index (χ3n) is 13.7. The molecule has 0 radical (unpaired) electrons. The number of aryl methyl sites for hydroxylation is 1. The van der Waals surface area contributed by atoms with E-state index in [-0.39, 0.29) is 36.4 Å². The third-order valence-corrected chi connectivity index (χ3v) is 15.9. The number of carbonyl (C=O) groups is 1. The summed E-state index contributed by atoms with van der Waals surface area (Å²) in [5.74, 6) is -0.937. The number of nitrogens with zero attached hydrogens (tertiary/aromatic N) is 3. The van der Waals surface area contributed by atoms with Gasteiger partial charge >= 0.3 is 6.18 Å². The Morgan fingerprint density at radius 1 is 1.07 bits per heavy atom. The summed E-state index contributed by atoms with van der Waals surface area (Å²) in [4.78, 5) is 20.5. The van der Waals surface area contributed by atoms with Crippen LogP contribution in [0.15, 0.2) is 48.6 Å². The van der Waals surface area contributed by atoms with Gasteiger partial charge in [-0.05, 0) is 105 Å². The number of nitrogens with one attached hydrogen (secondary N) is 1. The maximum absolute atomic E-state index is 14.2. The number of halogens is 4. The molecular formula is C42H54ClF3N4O6S. The van der Waals surface area contributed by atoms with E-state index in [2.05, 4.69) is 25.5 Å². The minimum Gasteiger partial charge on any atom is -0.490 e. The van der Waals surface area contributed by atoms with E-state index in [0.717, 1.165) is 44.3 Å². The summed E-state index contributed by atoms with van der Waals surface area (Å²) in [6.45, 7) is 7.82. The van der Waals surface area contributed by atoms with Gasteiger partial charge in [0.1, 0.15) is 18.0 Å². The summed E-state index contributed by atoms with van der Waals surface area (Å²) in [7, 11) is -4.13. The number of morpholine rings is 1. The Morgan fingerprint density at radius 2 is 1.91 bits per heavy atom. The monoisotopic (exact) mass is 834 g/mol. The van der Waals surface area contributed by atoms with Gasteiger partial charge in [-0.25, -0.2) is 13.1 Å². The van der Waals surface area contributed by atoms with Gasteiger partial charge in [-0.3, -0.25) is 14.6 Å². The first-order valence-electron chi connectivity index (χ1n) is 20.4. The van der Waals surface area contributed by atoms with Gasteiger partial charge in [-0.2, -0.15) is 13.2 Å².